The highest BCUT2D eigenvalue weighted by atomic mass is 16.4. The van der Waals surface area contributed by atoms with Gasteiger partial charge in [0.05, 0.1) is 0 Å². The van der Waals surface area contributed by atoms with Crippen LogP contribution in [0.2, 0.25) is 0 Å². The lowest BCUT2D eigenvalue weighted by Crippen LogP contribution is -2.14. The standard InChI is InChI=1S/C7H13NO2/c1-4(2)5(3)6(8)7(9)10/h4H,8H2,1-3H3,(H,9,10). The number of hydrogen-bond acceptors (Lipinski definition) is 2. The third-order valence-corrected chi connectivity index (χ3v) is 1.52. The van der Waals surface area contributed by atoms with Crippen molar-refractivity contribution < 1.29 is 9.90 Å². The number of hydrogen-bond donors (Lipinski definition) is 2. The van der Waals surface area contributed by atoms with E-state index >= 15 is 0 Å². The second kappa shape index (κ2) is 3.25. The van der Waals surface area contributed by atoms with Gasteiger partial charge >= 0.3 is 5.97 Å². The zero-order valence-corrected chi connectivity index (χ0v) is 6.51. The first-order chi connectivity index (χ1) is 4.46. The smallest absolute Gasteiger partial charge is 0.351 e. The fraction of sp³-hybridized carbons (Fsp3) is 0.571. The molecule has 0 bridgehead atoms. The van der Waals surface area contributed by atoms with Crippen molar-refractivity contribution in [3.05, 3.63) is 11.3 Å². The first-order valence-electron chi connectivity index (χ1n) is 3.16. The summed E-state index contributed by atoms with van der Waals surface area (Å²) in [5, 5.41) is 8.42. The van der Waals surface area contributed by atoms with Crippen LogP contribution in [0.25, 0.3) is 0 Å². The zero-order chi connectivity index (χ0) is 8.31. The lowest BCUT2D eigenvalue weighted by Gasteiger charge is -2.06. The van der Waals surface area contributed by atoms with E-state index in [0.717, 1.165) is 5.57 Å². The molecule has 0 fully saturated rings. The van der Waals surface area contributed by atoms with E-state index in [9.17, 15) is 4.79 Å². The molecule has 0 unspecified atom stereocenters. The third-order valence-electron chi connectivity index (χ3n) is 1.52. The quantitative estimate of drug-likeness (QED) is 0.566. The Kier molecular flexibility index (Phi) is 2.93. The van der Waals surface area contributed by atoms with Crippen LogP contribution in [0.3, 0.4) is 0 Å². The van der Waals surface area contributed by atoms with E-state index in [1.165, 1.54) is 0 Å². The zero-order valence-electron chi connectivity index (χ0n) is 6.51. The van der Waals surface area contributed by atoms with Crippen LogP contribution in [0.1, 0.15) is 20.8 Å². The van der Waals surface area contributed by atoms with Crippen molar-refractivity contribution in [2.75, 3.05) is 0 Å². The molecule has 0 radical (unpaired) electrons. The Balaban J connectivity index is 4.50. The summed E-state index contributed by atoms with van der Waals surface area (Å²) in [6, 6.07) is 0. The van der Waals surface area contributed by atoms with Crippen molar-refractivity contribution in [2.45, 2.75) is 20.8 Å². The van der Waals surface area contributed by atoms with E-state index in [1.807, 2.05) is 13.8 Å². The highest BCUT2D eigenvalue weighted by Gasteiger charge is 2.08. The average molecular weight is 143 g/mol. The molecule has 0 saturated heterocycles. The molecule has 3 heteroatoms. The average Bonchev–Trinajstić information content (AvgIpc) is 1.84. The minimum absolute atomic E-state index is 0.0324. The molecule has 0 aliphatic heterocycles. The molecule has 3 nitrogen and oxygen atoms in total. The van der Waals surface area contributed by atoms with Crippen LogP contribution < -0.4 is 5.73 Å². The van der Waals surface area contributed by atoms with Crippen molar-refractivity contribution >= 4 is 5.97 Å². The van der Waals surface area contributed by atoms with Crippen molar-refractivity contribution in [1.29, 1.82) is 0 Å². The van der Waals surface area contributed by atoms with Gasteiger partial charge in [0.25, 0.3) is 0 Å². The fourth-order valence-corrected chi connectivity index (χ4v) is 0.480. The van der Waals surface area contributed by atoms with Gasteiger partial charge in [0.1, 0.15) is 5.70 Å². The van der Waals surface area contributed by atoms with Crippen LogP contribution in [0, 0.1) is 5.92 Å². The molecule has 0 aliphatic rings. The number of carboxylic acid groups (broad SMARTS) is 1. The molecule has 0 aromatic rings. The van der Waals surface area contributed by atoms with Gasteiger partial charge in [-0.1, -0.05) is 13.8 Å². The van der Waals surface area contributed by atoms with Crippen molar-refractivity contribution in [3.63, 3.8) is 0 Å². The van der Waals surface area contributed by atoms with E-state index in [1.54, 1.807) is 6.92 Å². The molecule has 0 rings (SSSR count). The summed E-state index contributed by atoms with van der Waals surface area (Å²) in [7, 11) is 0. The normalized spacial score (nSPS) is 13.2. The van der Waals surface area contributed by atoms with Crippen LogP contribution in [0.4, 0.5) is 0 Å². The molecule has 0 atom stereocenters. The monoisotopic (exact) mass is 143 g/mol. The Labute approximate surface area is 60.5 Å². The van der Waals surface area contributed by atoms with E-state index in [0.29, 0.717) is 0 Å². The van der Waals surface area contributed by atoms with Gasteiger partial charge < -0.3 is 10.8 Å². The molecule has 3 N–H and O–H groups in total. The SMILES string of the molecule is CC(=C(N)C(=O)O)C(C)C. The van der Waals surface area contributed by atoms with Gasteiger partial charge in [-0.25, -0.2) is 4.79 Å². The van der Waals surface area contributed by atoms with Crippen LogP contribution in [0.15, 0.2) is 11.3 Å². The summed E-state index contributed by atoms with van der Waals surface area (Å²) in [4.78, 5) is 10.3. The molecular formula is C7H13NO2. The predicted molar refractivity (Wildman–Crippen MR) is 39.4 cm³/mol. The van der Waals surface area contributed by atoms with Crippen molar-refractivity contribution in [3.8, 4) is 0 Å². The summed E-state index contributed by atoms with van der Waals surface area (Å²) in [5.74, 6) is -0.831. The molecule has 0 amide bonds. The highest BCUT2D eigenvalue weighted by Crippen LogP contribution is 2.10. The summed E-state index contributed by atoms with van der Waals surface area (Å²) in [5.41, 5.74) is 5.94. The van der Waals surface area contributed by atoms with Crippen molar-refractivity contribution in [1.82, 2.24) is 0 Å². The number of carboxylic acids is 1. The fourth-order valence-electron chi connectivity index (χ4n) is 0.480. The highest BCUT2D eigenvalue weighted by molar-refractivity contribution is 5.86. The Morgan fingerprint density at radius 2 is 1.90 bits per heavy atom. The van der Waals surface area contributed by atoms with Gasteiger partial charge in [0, 0.05) is 0 Å². The summed E-state index contributed by atoms with van der Waals surface area (Å²) < 4.78 is 0. The number of carbonyl (C=O) groups is 1. The van der Waals surface area contributed by atoms with E-state index in [4.69, 9.17) is 10.8 Å². The molecule has 0 heterocycles. The molecule has 0 aromatic heterocycles. The van der Waals surface area contributed by atoms with Gasteiger partial charge in [0.2, 0.25) is 0 Å². The summed E-state index contributed by atoms with van der Waals surface area (Å²) >= 11 is 0. The Morgan fingerprint density at radius 1 is 1.50 bits per heavy atom. The van der Waals surface area contributed by atoms with Gasteiger partial charge in [-0.2, -0.15) is 0 Å². The first-order valence-corrected chi connectivity index (χ1v) is 3.16. The van der Waals surface area contributed by atoms with Gasteiger partial charge in [-0.3, -0.25) is 0 Å². The maximum absolute atomic E-state index is 10.3. The maximum atomic E-state index is 10.3. The van der Waals surface area contributed by atoms with Gasteiger partial charge in [-0.05, 0) is 18.4 Å². The minimum atomic E-state index is -1.04. The molecule has 0 aromatic carbocycles. The number of allylic oxidation sites excluding steroid dienone is 1. The molecule has 0 aliphatic carbocycles. The first kappa shape index (κ1) is 9.01. The summed E-state index contributed by atoms with van der Waals surface area (Å²) in [6.45, 7) is 5.55. The van der Waals surface area contributed by atoms with Gasteiger partial charge in [-0.15, -0.1) is 0 Å². The van der Waals surface area contributed by atoms with E-state index in [-0.39, 0.29) is 11.6 Å². The lowest BCUT2D eigenvalue weighted by atomic mass is 10.0. The molecule has 0 saturated carbocycles. The number of rotatable bonds is 2. The minimum Gasteiger partial charge on any atom is -0.477 e. The second-order valence-corrected chi connectivity index (χ2v) is 2.56. The molecule has 58 valence electrons. The third kappa shape index (κ3) is 2.09. The molecule has 0 spiro atoms. The van der Waals surface area contributed by atoms with E-state index in [2.05, 4.69) is 0 Å². The number of nitrogens with two attached hydrogens (primary N) is 1. The maximum Gasteiger partial charge on any atom is 0.351 e. The van der Waals surface area contributed by atoms with Gasteiger partial charge in [0.15, 0.2) is 0 Å². The Hall–Kier alpha value is -0.990. The largest absolute Gasteiger partial charge is 0.477 e. The van der Waals surface area contributed by atoms with Crippen molar-refractivity contribution in [2.24, 2.45) is 11.7 Å². The predicted octanol–water partition coefficient (Wildman–Crippen LogP) is 0.960. The molecule has 10 heavy (non-hydrogen) atoms. The van der Waals surface area contributed by atoms with E-state index < -0.39 is 5.97 Å². The molecular weight excluding hydrogens is 130 g/mol. The Bertz CT molecular complexity index is 170. The lowest BCUT2D eigenvalue weighted by molar-refractivity contribution is -0.132. The second-order valence-electron chi connectivity index (χ2n) is 2.56. The summed E-state index contributed by atoms with van der Waals surface area (Å²) in [6.07, 6.45) is 0. The van der Waals surface area contributed by atoms with Crippen LogP contribution in [0.5, 0.6) is 0 Å². The number of aliphatic carboxylic acids is 1. The van der Waals surface area contributed by atoms with Crippen LogP contribution >= 0.6 is 0 Å². The van der Waals surface area contributed by atoms with Crippen LogP contribution in [-0.2, 0) is 4.79 Å². The van der Waals surface area contributed by atoms with Crippen LogP contribution in [-0.4, -0.2) is 11.1 Å². The Morgan fingerprint density at radius 3 is 2.00 bits per heavy atom. The topological polar surface area (TPSA) is 63.3 Å².